The summed E-state index contributed by atoms with van der Waals surface area (Å²) in [4.78, 5) is 12.2. The average Bonchev–Trinajstić information content (AvgIpc) is 2.97. The zero-order valence-corrected chi connectivity index (χ0v) is 12.3. The number of aromatic nitrogens is 1. The molecule has 0 amide bonds. The molecule has 0 atom stereocenters. The van der Waals surface area contributed by atoms with Crippen LogP contribution in [-0.2, 0) is 6.54 Å². The van der Waals surface area contributed by atoms with Crippen LogP contribution in [-0.4, -0.2) is 11.2 Å². The molecule has 0 saturated heterocycles. The van der Waals surface area contributed by atoms with Gasteiger partial charge in [0.25, 0.3) is 5.56 Å². The molecule has 0 saturated carbocycles. The zero-order valence-electron chi connectivity index (χ0n) is 11.5. The van der Waals surface area contributed by atoms with E-state index in [0.29, 0.717) is 13.2 Å². The Morgan fingerprint density at radius 3 is 2.76 bits per heavy atom. The van der Waals surface area contributed by atoms with Crippen LogP contribution in [0.5, 0.6) is 5.75 Å². The predicted molar refractivity (Wildman–Crippen MR) is 87.1 cm³/mol. The summed E-state index contributed by atoms with van der Waals surface area (Å²) in [6, 6.07) is 11.2. The van der Waals surface area contributed by atoms with E-state index < -0.39 is 0 Å². The molecule has 108 valence electrons. The Morgan fingerprint density at radius 2 is 1.95 bits per heavy atom. The molecule has 0 aliphatic rings. The van der Waals surface area contributed by atoms with E-state index in [1.54, 1.807) is 15.9 Å². The third-order valence-corrected chi connectivity index (χ3v) is 4.17. The molecule has 0 fully saturated rings. The molecule has 0 spiro atoms. The second-order valence-electron chi connectivity index (χ2n) is 4.78. The smallest absolute Gasteiger partial charge is 0.259 e. The second kappa shape index (κ2) is 6.01. The predicted octanol–water partition coefficient (Wildman–Crippen LogP) is 3.11. The van der Waals surface area contributed by atoms with E-state index in [4.69, 9.17) is 10.5 Å². The number of nitrogens with zero attached hydrogens (tertiary/aromatic N) is 1. The molecule has 4 nitrogen and oxygen atoms in total. The number of hydrogen-bond acceptors (Lipinski definition) is 4. The van der Waals surface area contributed by atoms with E-state index in [2.05, 4.69) is 0 Å². The molecule has 0 aliphatic heterocycles. The van der Waals surface area contributed by atoms with Crippen LogP contribution in [0.4, 0.5) is 5.69 Å². The number of aryl methyl sites for hydroxylation is 1. The summed E-state index contributed by atoms with van der Waals surface area (Å²) in [5.41, 5.74) is 6.41. The third kappa shape index (κ3) is 3.08. The van der Waals surface area contributed by atoms with Crippen molar-refractivity contribution < 1.29 is 4.74 Å². The molecule has 0 unspecified atom stereocenters. The van der Waals surface area contributed by atoms with Crippen molar-refractivity contribution in [1.82, 2.24) is 4.57 Å². The standard InChI is InChI=1S/C16H16N2O2S/c17-12-2-4-13(5-3-12)20-10-1-8-18-9-6-15-14(16(18)19)7-11-21-15/h2-7,9,11H,1,8,10,17H2. The van der Waals surface area contributed by atoms with Crippen LogP contribution in [0.25, 0.3) is 10.1 Å². The third-order valence-electron chi connectivity index (χ3n) is 3.28. The molecule has 0 bridgehead atoms. The Balaban J connectivity index is 1.58. The highest BCUT2D eigenvalue weighted by atomic mass is 32.1. The van der Waals surface area contributed by atoms with E-state index in [9.17, 15) is 4.79 Å². The van der Waals surface area contributed by atoms with Gasteiger partial charge in [-0.3, -0.25) is 4.79 Å². The first-order valence-electron chi connectivity index (χ1n) is 6.79. The van der Waals surface area contributed by atoms with E-state index in [1.165, 1.54) is 0 Å². The number of ether oxygens (including phenoxy) is 1. The Kier molecular flexibility index (Phi) is 3.92. The Hall–Kier alpha value is -2.27. The summed E-state index contributed by atoms with van der Waals surface area (Å²) in [7, 11) is 0. The van der Waals surface area contributed by atoms with E-state index in [0.717, 1.165) is 27.9 Å². The fourth-order valence-electron chi connectivity index (χ4n) is 2.17. The minimum absolute atomic E-state index is 0.0706. The minimum Gasteiger partial charge on any atom is -0.494 e. The zero-order chi connectivity index (χ0) is 14.7. The number of nitrogens with two attached hydrogens (primary N) is 1. The van der Waals surface area contributed by atoms with E-state index in [1.807, 2.05) is 48.0 Å². The average molecular weight is 300 g/mol. The van der Waals surface area contributed by atoms with Crippen LogP contribution >= 0.6 is 11.3 Å². The van der Waals surface area contributed by atoms with Crippen LogP contribution in [0.2, 0.25) is 0 Å². The van der Waals surface area contributed by atoms with Gasteiger partial charge >= 0.3 is 0 Å². The molecule has 2 aromatic heterocycles. The van der Waals surface area contributed by atoms with Gasteiger partial charge in [-0.25, -0.2) is 0 Å². The SMILES string of the molecule is Nc1ccc(OCCCn2ccc3sccc3c2=O)cc1. The maximum absolute atomic E-state index is 12.2. The molecule has 1 aromatic carbocycles. The normalized spacial score (nSPS) is 10.9. The minimum atomic E-state index is 0.0706. The number of rotatable bonds is 5. The van der Waals surface area contributed by atoms with Gasteiger partial charge in [0.15, 0.2) is 0 Å². The van der Waals surface area contributed by atoms with Crippen LogP contribution < -0.4 is 16.0 Å². The molecule has 5 heteroatoms. The lowest BCUT2D eigenvalue weighted by Crippen LogP contribution is -2.19. The van der Waals surface area contributed by atoms with Gasteiger partial charge in [-0.15, -0.1) is 11.3 Å². The summed E-state index contributed by atoms with van der Waals surface area (Å²) in [5, 5.41) is 2.74. The Labute approximate surface area is 126 Å². The van der Waals surface area contributed by atoms with E-state index >= 15 is 0 Å². The molecule has 0 radical (unpaired) electrons. The highest BCUT2D eigenvalue weighted by molar-refractivity contribution is 7.17. The number of hydrogen-bond donors (Lipinski definition) is 1. The maximum atomic E-state index is 12.2. The molecule has 3 aromatic rings. The molecule has 0 aliphatic carbocycles. The van der Waals surface area contributed by atoms with Crippen LogP contribution in [0.1, 0.15) is 6.42 Å². The Morgan fingerprint density at radius 1 is 1.14 bits per heavy atom. The van der Waals surface area contributed by atoms with Crippen molar-refractivity contribution in [2.75, 3.05) is 12.3 Å². The van der Waals surface area contributed by atoms with Crippen molar-refractivity contribution in [3.8, 4) is 5.75 Å². The summed E-state index contributed by atoms with van der Waals surface area (Å²) in [6.45, 7) is 1.22. The highest BCUT2D eigenvalue weighted by Crippen LogP contribution is 2.16. The van der Waals surface area contributed by atoms with Crippen molar-refractivity contribution in [2.24, 2.45) is 0 Å². The van der Waals surface area contributed by atoms with Gasteiger partial charge in [-0.2, -0.15) is 0 Å². The van der Waals surface area contributed by atoms with Gasteiger partial charge in [-0.05, 0) is 48.2 Å². The van der Waals surface area contributed by atoms with E-state index in [-0.39, 0.29) is 5.56 Å². The largest absolute Gasteiger partial charge is 0.494 e. The number of pyridine rings is 1. The maximum Gasteiger partial charge on any atom is 0.259 e. The quantitative estimate of drug-likeness (QED) is 0.582. The van der Waals surface area contributed by atoms with Crippen LogP contribution in [0.3, 0.4) is 0 Å². The first kappa shape index (κ1) is 13.7. The lowest BCUT2D eigenvalue weighted by molar-refractivity contribution is 0.301. The first-order valence-corrected chi connectivity index (χ1v) is 7.67. The molecule has 21 heavy (non-hydrogen) atoms. The van der Waals surface area contributed by atoms with Gasteiger partial charge in [0.2, 0.25) is 0 Å². The van der Waals surface area contributed by atoms with Crippen LogP contribution in [0, 0.1) is 0 Å². The number of benzene rings is 1. The van der Waals surface area contributed by atoms with Gasteiger partial charge in [-0.1, -0.05) is 0 Å². The van der Waals surface area contributed by atoms with Crippen molar-refractivity contribution in [2.45, 2.75) is 13.0 Å². The van der Waals surface area contributed by atoms with Crippen LogP contribution in [0.15, 0.2) is 52.8 Å². The number of nitrogen functional groups attached to an aromatic ring is 1. The summed E-state index contributed by atoms with van der Waals surface area (Å²) >= 11 is 1.59. The fourth-order valence-corrected chi connectivity index (χ4v) is 2.94. The fraction of sp³-hybridized carbons (Fsp3) is 0.188. The Bertz CT molecular complexity index is 790. The van der Waals surface area contributed by atoms with Crippen molar-refractivity contribution >= 4 is 27.1 Å². The topological polar surface area (TPSA) is 57.2 Å². The summed E-state index contributed by atoms with van der Waals surface area (Å²) in [6.07, 6.45) is 2.63. The lowest BCUT2D eigenvalue weighted by Gasteiger charge is -2.08. The van der Waals surface area contributed by atoms with Gasteiger partial charge in [0.1, 0.15) is 5.75 Å². The molecule has 2 heterocycles. The monoisotopic (exact) mass is 300 g/mol. The second-order valence-corrected chi connectivity index (χ2v) is 5.73. The molecule has 2 N–H and O–H groups in total. The summed E-state index contributed by atoms with van der Waals surface area (Å²) in [5.74, 6) is 0.796. The first-order chi connectivity index (χ1) is 10.2. The molecule has 3 rings (SSSR count). The summed E-state index contributed by atoms with van der Waals surface area (Å²) < 4.78 is 8.40. The van der Waals surface area contributed by atoms with Crippen molar-refractivity contribution in [1.29, 1.82) is 0 Å². The van der Waals surface area contributed by atoms with Gasteiger partial charge in [0.05, 0.1) is 12.0 Å². The van der Waals surface area contributed by atoms with Crippen molar-refractivity contribution in [3.63, 3.8) is 0 Å². The van der Waals surface area contributed by atoms with Crippen molar-refractivity contribution in [3.05, 3.63) is 58.3 Å². The lowest BCUT2D eigenvalue weighted by atomic mass is 10.3. The molecular formula is C16H16N2O2S. The molecular weight excluding hydrogens is 284 g/mol. The number of fused-ring (bicyclic) bond motifs is 1. The highest BCUT2D eigenvalue weighted by Gasteiger charge is 2.03. The van der Waals surface area contributed by atoms with Gasteiger partial charge in [0, 0.05) is 23.1 Å². The van der Waals surface area contributed by atoms with Gasteiger partial charge < -0.3 is 15.0 Å². The number of anilines is 1. The number of thiophene rings is 1.